The Kier molecular flexibility index (Phi) is 4.26. The van der Waals surface area contributed by atoms with Gasteiger partial charge in [0.2, 0.25) is 5.91 Å². The topological polar surface area (TPSA) is 51.2 Å². The average Bonchev–Trinajstić information content (AvgIpc) is 2.97. The summed E-state index contributed by atoms with van der Waals surface area (Å²) in [5.74, 6) is -0.327. The molecule has 2 aromatic rings. The molecule has 21 heavy (non-hydrogen) atoms. The Labute approximate surface area is 126 Å². The Morgan fingerprint density at radius 2 is 2.19 bits per heavy atom. The summed E-state index contributed by atoms with van der Waals surface area (Å²) in [5, 5.41) is 5.20. The molecule has 1 aliphatic rings. The van der Waals surface area contributed by atoms with Gasteiger partial charge in [-0.15, -0.1) is 11.3 Å². The van der Waals surface area contributed by atoms with Gasteiger partial charge in [-0.2, -0.15) is 0 Å². The van der Waals surface area contributed by atoms with Crippen molar-refractivity contribution >= 4 is 22.4 Å². The Hall–Kier alpha value is -1.79. The fourth-order valence-electron chi connectivity index (χ4n) is 2.28. The number of hydrogen-bond donors (Lipinski definition) is 1. The largest absolute Gasteiger partial charge is 0.381 e. The minimum absolute atomic E-state index is 0.0136. The van der Waals surface area contributed by atoms with Crippen molar-refractivity contribution in [2.45, 2.75) is 12.8 Å². The number of aromatic nitrogens is 1. The molecule has 0 aliphatic carbocycles. The number of carbonyl (C=O) groups excluding carboxylic acids is 1. The van der Waals surface area contributed by atoms with Crippen molar-refractivity contribution < 1.29 is 13.9 Å². The van der Waals surface area contributed by atoms with Crippen LogP contribution in [0.1, 0.15) is 12.8 Å². The Morgan fingerprint density at radius 3 is 2.95 bits per heavy atom. The fraction of sp³-hybridized carbons (Fsp3) is 0.333. The lowest BCUT2D eigenvalue weighted by atomic mass is 10.00. The van der Waals surface area contributed by atoms with Crippen LogP contribution in [0.2, 0.25) is 0 Å². The Balaban J connectivity index is 1.69. The highest BCUT2D eigenvalue weighted by Crippen LogP contribution is 2.26. The van der Waals surface area contributed by atoms with Crippen LogP contribution in [0, 0.1) is 11.7 Å². The van der Waals surface area contributed by atoms with Gasteiger partial charge in [-0.25, -0.2) is 9.37 Å². The van der Waals surface area contributed by atoms with Gasteiger partial charge in [0, 0.05) is 30.1 Å². The Bertz CT molecular complexity index is 638. The molecule has 0 unspecified atom stereocenters. The lowest BCUT2D eigenvalue weighted by molar-refractivity contribution is -0.122. The zero-order chi connectivity index (χ0) is 14.7. The van der Waals surface area contributed by atoms with Crippen LogP contribution in [0.3, 0.4) is 0 Å². The summed E-state index contributed by atoms with van der Waals surface area (Å²) in [6, 6.07) is 6.26. The second-order valence-corrected chi connectivity index (χ2v) is 5.78. The number of rotatable bonds is 3. The first kappa shape index (κ1) is 14.2. The highest BCUT2D eigenvalue weighted by molar-refractivity contribution is 7.14. The molecular formula is C15H15FN2O2S. The zero-order valence-electron chi connectivity index (χ0n) is 11.3. The van der Waals surface area contributed by atoms with E-state index in [1.165, 1.54) is 23.5 Å². The number of thiazole rings is 1. The van der Waals surface area contributed by atoms with Crippen molar-refractivity contribution in [3.63, 3.8) is 0 Å². The third-order valence-corrected chi connectivity index (χ3v) is 4.20. The molecule has 1 fully saturated rings. The van der Waals surface area contributed by atoms with E-state index < -0.39 is 0 Å². The highest BCUT2D eigenvalue weighted by Gasteiger charge is 2.22. The van der Waals surface area contributed by atoms with E-state index >= 15 is 0 Å². The molecular weight excluding hydrogens is 291 g/mol. The summed E-state index contributed by atoms with van der Waals surface area (Å²) < 4.78 is 18.5. The van der Waals surface area contributed by atoms with E-state index in [0.29, 0.717) is 29.6 Å². The van der Waals surface area contributed by atoms with Crippen LogP contribution in [-0.2, 0) is 9.53 Å². The summed E-state index contributed by atoms with van der Waals surface area (Å²) >= 11 is 1.35. The summed E-state index contributed by atoms with van der Waals surface area (Å²) in [5.41, 5.74) is 1.37. The van der Waals surface area contributed by atoms with E-state index in [9.17, 15) is 9.18 Å². The van der Waals surface area contributed by atoms with Crippen molar-refractivity contribution in [1.29, 1.82) is 0 Å². The number of nitrogens with zero attached hydrogens (tertiary/aromatic N) is 1. The standard InChI is InChI=1S/C15H15FN2O2S/c16-12-3-1-2-11(8-12)13-9-21-15(17-13)18-14(19)10-4-6-20-7-5-10/h1-3,8-10H,4-7H2,(H,17,18,19). The second-order valence-electron chi connectivity index (χ2n) is 4.92. The number of benzene rings is 1. The first-order valence-electron chi connectivity index (χ1n) is 6.82. The van der Waals surface area contributed by atoms with E-state index in [1.54, 1.807) is 12.1 Å². The Morgan fingerprint density at radius 1 is 1.38 bits per heavy atom. The smallest absolute Gasteiger partial charge is 0.229 e. The quantitative estimate of drug-likeness (QED) is 0.946. The number of carbonyl (C=O) groups is 1. The second kappa shape index (κ2) is 6.32. The highest BCUT2D eigenvalue weighted by atomic mass is 32.1. The van der Waals surface area contributed by atoms with Gasteiger partial charge in [-0.3, -0.25) is 4.79 Å². The third kappa shape index (κ3) is 3.46. The fourth-order valence-corrected chi connectivity index (χ4v) is 3.00. The summed E-state index contributed by atoms with van der Waals surface area (Å²) in [6.45, 7) is 1.26. The molecule has 0 radical (unpaired) electrons. The van der Waals surface area contributed by atoms with Gasteiger partial charge in [-0.05, 0) is 25.0 Å². The molecule has 1 aliphatic heterocycles. The van der Waals surface area contributed by atoms with Crippen LogP contribution in [0.25, 0.3) is 11.3 Å². The molecule has 6 heteroatoms. The summed E-state index contributed by atoms with van der Waals surface area (Å²) in [7, 11) is 0. The molecule has 1 aromatic heterocycles. The zero-order valence-corrected chi connectivity index (χ0v) is 12.2. The van der Waals surface area contributed by atoms with Crippen molar-refractivity contribution in [3.05, 3.63) is 35.5 Å². The summed E-state index contributed by atoms with van der Waals surface area (Å²) in [6.07, 6.45) is 1.49. The van der Waals surface area contributed by atoms with E-state index in [-0.39, 0.29) is 17.6 Å². The third-order valence-electron chi connectivity index (χ3n) is 3.45. The maximum atomic E-state index is 13.2. The van der Waals surface area contributed by atoms with Crippen molar-refractivity contribution in [2.75, 3.05) is 18.5 Å². The van der Waals surface area contributed by atoms with E-state index in [2.05, 4.69) is 10.3 Å². The van der Waals surface area contributed by atoms with E-state index in [0.717, 1.165) is 12.8 Å². The lowest BCUT2D eigenvalue weighted by Crippen LogP contribution is -2.28. The molecule has 1 aromatic carbocycles. The minimum Gasteiger partial charge on any atom is -0.381 e. The van der Waals surface area contributed by atoms with Crippen LogP contribution >= 0.6 is 11.3 Å². The van der Waals surface area contributed by atoms with Crippen LogP contribution in [-0.4, -0.2) is 24.1 Å². The van der Waals surface area contributed by atoms with Crippen molar-refractivity contribution in [1.82, 2.24) is 4.98 Å². The first-order chi connectivity index (χ1) is 10.2. The molecule has 1 amide bonds. The average molecular weight is 306 g/mol. The molecule has 0 spiro atoms. The molecule has 1 N–H and O–H groups in total. The SMILES string of the molecule is O=C(Nc1nc(-c2cccc(F)c2)cs1)C1CCOCC1. The number of nitrogens with one attached hydrogen (secondary N) is 1. The van der Waals surface area contributed by atoms with Gasteiger partial charge in [0.1, 0.15) is 5.82 Å². The maximum absolute atomic E-state index is 13.2. The van der Waals surface area contributed by atoms with Gasteiger partial charge in [-0.1, -0.05) is 12.1 Å². The van der Waals surface area contributed by atoms with Gasteiger partial charge >= 0.3 is 0 Å². The van der Waals surface area contributed by atoms with Gasteiger partial charge in [0.25, 0.3) is 0 Å². The molecule has 0 saturated carbocycles. The molecule has 0 atom stereocenters. The van der Waals surface area contributed by atoms with Crippen LogP contribution in [0.4, 0.5) is 9.52 Å². The lowest BCUT2D eigenvalue weighted by Gasteiger charge is -2.20. The maximum Gasteiger partial charge on any atom is 0.229 e. The number of amides is 1. The molecule has 1 saturated heterocycles. The van der Waals surface area contributed by atoms with Crippen LogP contribution < -0.4 is 5.32 Å². The van der Waals surface area contributed by atoms with E-state index in [1.807, 2.05) is 5.38 Å². The normalized spacial score (nSPS) is 15.9. The molecule has 2 heterocycles. The predicted octanol–water partition coefficient (Wildman–Crippen LogP) is 3.31. The predicted molar refractivity (Wildman–Crippen MR) is 79.7 cm³/mol. The van der Waals surface area contributed by atoms with Gasteiger partial charge < -0.3 is 10.1 Å². The van der Waals surface area contributed by atoms with Crippen LogP contribution in [0.5, 0.6) is 0 Å². The number of ether oxygens (including phenoxy) is 1. The van der Waals surface area contributed by atoms with Gasteiger partial charge in [0.15, 0.2) is 5.13 Å². The number of anilines is 1. The molecule has 110 valence electrons. The number of halogens is 1. The molecule has 4 nitrogen and oxygen atoms in total. The number of hydrogen-bond acceptors (Lipinski definition) is 4. The van der Waals surface area contributed by atoms with Crippen molar-refractivity contribution in [2.24, 2.45) is 5.92 Å². The van der Waals surface area contributed by atoms with Gasteiger partial charge in [0.05, 0.1) is 5.69 Å². The molecule has 3 rings (SSSR count). The van der Waals surface area contributed by atoms with Crippen molar-refractivity contribution in [3.8, 4) is 11.3 Å². The monoisotopic (exact) mass is 306 g/mol. The van der Waals surface area contributed by atoms with E-state index in [4.69, 9.17) is 4.74 Å². The van der Waals surface area contributed by atoms with Crippen LogP contribution in [0.15, 0.2) is 29.6 Å². The molecule has 0 bridgehead atoms. The minimum atomic E-state index is -0.298. The summed E-state index contributed by atoms with van der Waals surface area (Å²) in [4.78, 5) is 16.5. The first-order valence-corrected chi connectivity index (χ1v) is 7.70.